The van der Waals surface area contributed by atoms with Crippen LogP contribution in [0.5, 0.6) is 0 Å². The van der Waals surface area contributed by atoms with E-state index in [-0.39, 0.29) is 11.9 Å². The van der Waals surface area contributed by atoms with Crippen molar-refractivity contribution in [2.45, 2.75) is 31.5 Å². The molecule has 22 heavy (non-hydrogen) atoms. The Bertz CT molecular complexity index is 699. The summed E-state index contributed by atoms with van der Waals surface area (Å²) in [5, 5.41) is 15.0. The van der Waals surface area contributed by atoms with Crippen LogP contribution < -0.4 is 5.32 Å². The molecule has 2 aromatic rings. The number of aromatic nitrogens is 4. The quantitative estimate of drug-likeness (QED) is 0.868. The van der Waals surface area contributed by atoms with Gasteiger partial charge in [-0.3, -0.25) is 4.79 Å². The summed E-state index contributed by atoms with van der Waals surface area (Å²) in [6, 6.07) is 6.59. The molecular weight excluding hydrogens is 298 g/mol. The Kier molecular flexibility index (Phi) is 4.15. The number of hydrogen-bond donors (Lipinski definition) is 1. The summed E-state index contributed by atoms with van der Waals surface area (Å²) in [5.74, 6) is 0.750. The Morgan fingerprint density at radius 3 is 3.05 bits per heavy atom. The van der Waals surface area contributed by atoms with Gasteiger partial charge in [0.2, 0.25) is 11.1 Å². The summed E-state index contributed by atoms with van der Waals surface area (Å²) in [4.78, 5) is 12.2. The number of amides is 1. The van der Waals surface area contributed by atoms with Gasteiger partial charge in [0.1, 0.15) is 0 Å². The monoisotopic (exact) mass is 317 g/mol. The third kappa shape index (κ3) is 2.99. The predicted octanol–water partition coefficient (Wildman–Crippen LogP) is 1.66. The highest BCUT2D eigenvalue weighted by Crippen LogP contribution is 2.36. The van der Waals surface area contributed by atoms with E-state index in [9.17, 15) is 4.79 Å². The van der Waals surface area contributed by atoms with Crippen LogP contribution in [0.2, 0.25) is 0 Å². The highest BCUT2D eigenvalue weighted by Gasteiger charge is 2.30. The molecule has 1 aromatic carbocycles. The zero-order chi connectivity index (χ0) is 15.7. The molecule has 0 saturated carbocycles. The highest BCUT2D eigenvalue weighted by molar-refractivity contribution is 7.99. The third-order valence-electron chi connectivity index (χ3n) is 3.98. The molecule has 0 aliphatic heterocycles. The van der Waals surface area contributed by atoms with Gasteiger partial charge in [-0.2, -0.15) is 0 Å². The van der Waals surface area contributed by atoms with Gasteiger partial charge in [0.25, 0.3) is 0 Å². The minimum absolute atomic E-state index is 0.0132. The normalized spacial score (nSPS) is 20.0. The molecule has 2 atom stereocenters. The molecule has 0 saturated heterocycles. The largest absolute Gasteiger partial charge is 0.348 e. The molecule has 1 aromatic heterocycles. The number of carbonyl (C=O) groups excluding carboxylic acids is 1. The second-order valence-electron chi connectivity index (χ2n) is 5.80. The van der Waals surface area contributed by atoms with E-state index >= 15 is 0 Å². The van der Waals surface area contributed by atoms with Crippen LogP contribution in [0.3, 0.4) is 0 Å². The molecule has 116 valence electrons. The van der Waals surface area contributed by atoms with E-state index in [1.807, 2.05) is 0 Å². The van der Waals surface area contributed by atoms with Gasteiger partial charge in [0, 0.05) is 7.05 Å². The van der Waals surface area contributed by atoms with Gasteiger partial charge >= 0.3 is 0 Å². The standard InChI is InChI=1S/C15H19N5OS/c1-9-4-5-11-7-10(2)14(12(11)6-9)16-13(21)8-22-15-17-18-19-20(15)3/h4-6,10,14H,7-8H2,1-3H3,(H,16,21)/t10-,14+/m1/s1. The second-order valence-corrected chi connectivity index (χ2v) is 6.75. The summed E-state index contributed by atoms with van der Waals surface area (Å²) in [6.07, 6.45) is 1.01. The Labute approximate surface area is 133 Å². The maximum atomic E-state index is 12.2. The van der Waals surface area contributed by atoms with Gasteiger partial charge < -0.3 is 5.32 Å². The second kappa shape index (κ2) is 6.08. The summed E-state index contributed by atoms with van der Waals surface area (Å²) >= 11 is 1.35. The topological polar surface area (TPSA) is 72.7 Å². The fourth-order valence-electron chi connectivity index (χ4n) is 2.87. The molecule has 7 heteroatoms. The van der Waals surface area contributed by atoms with Crippen LogP contribution in [0.4, 0.5) is 0 Å². The maximum absolute atomic E-state index is 12.2. The number of aryl methyl sites for hydroxylation is 2. The minimum Gasteiger partial charge on any atom is -0.348 e. The van der Waals surface area contributed by atoms with Crippen LogP contribution in [0.15, 0.2) is 23.4 Å². The van der Waals surface area contributed by atoms with Gasteiger partial charge in [-0.15, -0.1) is 5.10 Å². The number of fused-ring (bicyclic) bond motifs is 1. The lowest BCUT2D eigenvalue weighted by atomic mass is 10.0. The van der Waals surface area contributed by atoms with Crippen molar-refractivity contribution in [2.24, 2.45) is 13.0 Å². The third-order valence-corrected chi connectivity index (χ3v) is 4.99. The van der Waals surface area contributed by atoms with Gasteiger partial charge in [-0.05, 0) is 40.8 Å². The van der Waals surface area contributed by atoms with Crippen molar-refractivity contribution >= 4 is 17.7 Å². The molecular formula is C15H19N5OS. The number of nitrogens with zero attached hydrogens (tertiary/aromatic N) is 4. The molecule has 0 spiro atoms. The molecule has 0 bridgehead atoms. The van der Waals surface area contributed by atoms with Crippen molar-refractivity contribution in [3.63, 3.8) is 0 Å². The molecule has 6 nitrogen and oxygen atoms in total. The molecule has 0 radical (unpaired) electrons. The molecule has 1 aliphatic rings. The van der Waals surface area contributed by atoms with Crippen LogP contribution >= 0.6 is 11.8 Å². The number of hydrogen-bond acceptors (Lipinski definition) is 5. The summed E-state index contributed by atoms with van der Waals surface area (Å²) in [6.45, 7) is 4.26. The van der Waals surface area contributed by atoms with E-state index in [0.29, 0.717) is 16.8 Å². The minimum atomic E-state index is 0.0132. The Morgan fingerprint density at radius 1 is 1.50 bits per heavy atom. The van der Waals surface area contributed by atoms with E-state index in [1.54, 1.807) is 11.7 Å². The van der Waals surface area contributed by atoms with Crippen molar-refractivity contribution in [1.82, 2.24) is 25.5 Å². The molecule has 1 heterocycles. The number of carbonyl (C=O) groups is 1. The smallest absolute Gasteiger partial charge is 0.230 e. The Hall–Kier alpha value is -1.89. The van der Waals surface area contributed by atoms with Crippen LogP contribution in [-0.4, -0.2) is 31.9 Å². The number of nitrogens with one attached hydrogen (secondary N) is 1. The lowest BCUT2D eigenvalue weighted by Gasteiger charge is -2.19. The highest BCUT2D eigenvalue weighted by atomic mass is 32.2. The SMILES string of the molecule is Cc1ccc2c(c1)[C@@H](NC(=O)CSc1nnnn1C)[C@H](C)C2. The maximum Gasteiger partial charge on any atom is 0.230 e. The average Bonchev–Trinajstić information content (AvgIpc) is 3.01. The van der Waals surface area contributed by atoms with E-state index in [0.717, 1.165) is 6.42 Å². The van der Waals surface area contributed by atoms with E-state index < -0.39 is 0 Å². The predicted molar refractivity (Wildman–Crippen MR) is 84.5 cm³/mol. The van der Waals surface area contributed by atoms with Crippen molar-refractivity contribution < 1.29 is 4.79 Å². The Balaban J connectivity index is 1.65. The summed E-state index contributed by atoms with van der Waals surface area (Å²) in [7, 11) is 1.76. The lowest BCUT2D eigenvalue weighted by molar-refractivity contribution is -0.119. The Morgan fingerprint density at radius 2 is 2.32 bits per heavy atom. The van der Waals surface area contributed by atoms with Crippen molar-refractivity contribution in [3.05, 3.63) is 34.9 Å². The molecule has 3 rings (SSSR count). The van der Waals surface area contributed by atoms with E-state index in [1.165, 1.54) is 28.5 Å². The zero-order valence-electron chi connectivity index (χ0n) is 12.9. The molecule has 1 aliphatic carbocycles. The fraction of sp³-hybridized carbons (Fsp3) is 0.467. The van der Waals surface area contributed by atoms with Gasteiger partial charge in [-0.25, -0.2) is 4.68 Å². The molecule has 0 unspecified atom stereocenters. The van der Waals surface area contributed by atoms with Crippen LogP contribution in [0.25, 0.3) is 0 Å². The van der Waals surface area contributed by atoms with Gasteiger partial charge in [-0.1, -0.05) is 42.4 Å². The zero-order valence-corrected chi connectivity index (χ0v) is 13.7. The first-order valence-corrected chi connectivity index (χ1v) is 8.27. The lowest BCUT2D eigenvalue weighted by Crippen LogP contribution is -2.31. The van der Waals surface area contributed by atoms with Crippen LogP contribution in [-0.2, 0) is 18.3 Å². The van der Waals surface area contributed by atoms with Crippen LogP contribution in [0, 0.1) is 12.8 Å². The molecule has 1 N–H and O–H groups in total. The fourth-order valence-corrected chi connectivity index (χ4v) is 3.53. The van der Waals surface area contributed by atoms with Crippen molar-refractivity contribution in [1.29, 1.82) is 0 Å². The van der Waals surface area contributed by atoms with Crippen molar-refractivity contribution in [3.8, 4) is 0 Å². The van der Waals surface area contributed by atoms with Crippen molar-refractivity contribution in [2.75, 3.05) is 5.75 Å². The van der Waals surface area contributed by atoms with Gasteiger partial charge in [0.05, 0.1) is 11.8 Å². The molecule has 0 fully saturated rings. The van der Waals surface area contributed by atoms with Crippen LogP contribution in [0.1, 0.15) is 29.7 Å². The van der Waals surface area contributed by atoms with E-state index in [4.69, 9.17) is 0 Å². The number of tetrazole rings is 1. The van der Waals surface area contributed by atoms with E-state index in [2.05, 4.69) is 52.9 Å². The first-order chi connectivity index (χ1) is 10.5. The first-order valence-electron chi connectivity index (χ1n) is 7.28. The number of rotatable bonds is 4. The first kappa shape index (κ1) is 15.0. The summed E-state index contributed by atoms with van der Waals surface area (Å²) in [5.41, 5.74) is 3.83. The average molecular weight is 317 g/mol. The number of thioether (sulfide) groups is 1. The summed E-state index contributed by atoms with van der Waals surface area (Å²) < 4.78 is 1.56. The molecule has 1 amide bonds. The number of benzene rings is 1. The van der Waals surface area contributed by atoms with Gasteiger partial charge in [0.15, 0.2) is 0 Å².